The first kappa shape index (κ1) is 23.7. The first-order valence-electron chi connectivity index (χ1n) is 10.7. The Morgan fingerprint density at radius 1 is 1.03 bits per heavy atom. The zero-order valence-corrected chi connectivity index (χ0v) is 20.3. The molecule has 0 spiro atoms. The van der Waals surface area contributed by atoms with Crippen molar-refractivity contribution >= 4 is 29.1 Å². The van der Waals surface area contributed by atoms with Crippen LogP contribution >= 0.6 is 11.8 Å². The lowest BCUT2D eigenvalue weighted by atomic mass is 9.87. The fourth-order valence-corrected chi connectivity index (χ4v) is 4.15. The maximum Gasteiger partial charge on any atom is 0.237 e. The number of Topliss-reactive ketones (excluding diaryl/α,β-unsaturated/α-hetero) is 1. The van der Waals surface area contributed by atoms with Gasteiger partial charge in [-0.1, -0.05) is 56.8 Å². The number of nitrogens with zero attached hydrogens (tertiary/aromatic N) is 3. The molecule has 1 heterocycles. The van der Waals surface area contributed by atoms with Gasteiger partial charge in [-0.15, -0.1) is 10.2 Å². The Labute approximate surface area is 193 Å². The molecule has 0 saturated carbocycles. The van der Waals surface area contributed by atoms with E-state index in [4.69, 9.17) is 0 Å². The monoisotopic (exact) mass is 450 g/mol. The third-order valence-corrected chi connectivity index (χ3v) is 6.33. The maximum absolute atomic E-state index is 12.7. The van der Waals surface area contributed by atoms with Crippen molar-refractivity contribution in [3.8, 4) is 11.4 Å². The van der Waals surface area contributed by atoms with E-state index in [0.717, 1.165) is 11.4 Å². The molecule has 1 amide bonds. The fourth-order valence-electron chi connectivity index (χ4n) is 3.24. The molecule has 1 N–H and O–H groups in total. The average molecular weight is 451 g/mol. The van der Waals surface area contributed by atoms with Gasteiger partial charge < -0.3 is 9.88 Å². The van der Waals surface area contributed by atoms with E-state index in [2.05, 4.69) is 60.6 Å². The number of carbonyl (C=O) groups excluding carboxylic acids is 2. The van der Waals surface area contributed by atoms with Crippen molar-refractivity contribution in [2.75, 3.05) is 5.32 Å². The van der Waals surface area contributed by atoms with E-state index in [1.54, 1.807) is 24.3 Å². The van der Waals surface area contributed by atoms with Crippen molar-refractivity contribution in [2.45, 2.75) is 63.9 Å². The average Bonchev–Trinajstić information content (AvgIpc) is 3.16. The molecule has 32 heavy (non-hydrogen) atoms. The Bertz CT molecular complexity index is 1100. The van der Waals surface area contributed by atoms with E-state index in [1.807, 2.05) is 18.4 Å². The van der Waals surface area contributed by atoms with Gasteiger partial charge in [0.25, 0.3) is 0 Å². The summed E-state index contributed by atoms with van der Waals surface area (Å²) in [6.45, 7) is 12.7. The lowest BCUT2D eigenvalue weighted by Gasteiger charge is -2.19. The first-order chi connectivity index (χ1) is 15.1. The Morgan fingerprint density at radius 3 is 2.19 bits per heavy atom. The number of amides is 1. The number of benzene rings is 2. The van der Waals surface area contributed by atoms with Crippen LogP contribution in [0, 0.1) is 0 Å². The van der Waals surface area contributed by atoms with Crippen LogP contribution in [0.4, 0.5) is 5.69 Å². The standard InChI is InChI=1S/C25H30N4O2S/c1-7-29-22(19-8-12-20(13-9-19)25(4,5)6)27-28-24(29)32-17(3)23(31)26-21-14-10-18(11-15-21)16(2)30/h8-15,17H,7H2,1-6H3,(H,26,31). The fraction of sp³-hybridized carbons (Fsp3) is 0.360. The summed E-state index contributed by atoms with van der Waals surface area (Å²) in [5.74, 6) is 0.657. The summed E-state index contributed by atoms with van der Waals surface area (Å²) in [5.41, 5.74) is 3.63. The summed E-state index contributed by atoms with van der Waals surface area (Å²) in [6, 6.07) is 15.3. The highest BCUT2D eigenvalue weighted by Crippen LogP contribution is 2.29. The maximum atomic E-state index is 12.7. The van der Waals surface area contributed by atoms with E-state index in [0.29, 0.717) is 23.0 Å². The molecule has 1 unspecified atom stereocenters. The van der Waals surface area contributed by atoms with Gasteiger partial charge in [0.1, 0.15) is 0 Å². The van der Waals surface area contributed by atoms with Gasteiger partial charge in [0.05, 0.1) is 5.25 Å². The molecule has 6 nitrogen and oxygen atoms in total. The van der Waals surface area contributed by atoms with Crippen LogP contribution in [0.3, 0.4) is 0 Å². The molecule has 0 aliphatic rings. The highest BCUT2D eigenvalue weighted by molar-refractivity contribution is 8.00. The molecule has 3 aromatic rings. The number of thioether (sulfide) groups is 1. The van der Waals surface area contributed by atoms with Gasteiger partial charge in [-0.25, -0.2) is 0 Å². The SMILES string of the molecule is CCn1c(SC(C)C(=O)Nc2ccc(C(C)=O)cc2)nnc1-c1ccc(C(C)(C)C)cc1. The number of hydrogen-bond acceptors (Lipinski definition) is 5. The molecule has 3 rings (SSSR count). The van der Waals surface area contributed by atoms with Gasteiger partial charge in [-0.3, -0.25) is 9.59 Å². The molecule has 0 aliphatic carbocycles. The second-order valence-electron chi connectivity index (χ2n) is 8.76. The molecular weight excluding hydrogens is 420 g/mol. The molecule has 0 bridgehead atoms. The van der Waals surface area contributed by atoms with Crippen molar-refractivity contribution in [1.82, 2.24) is 14.8 Å². The molecule has 0 saturated heterocycles. The van der Waals surface area contributed by atoms with Crippen molar-refractivity contribution in [3.63, 3.8) is 0 Å². The molecule has 1 aromatic heterocycles. The minimum atomic E-state index is -0.367. The Morgan fingerprint density at radius 2 is 1.66 bits per heavy atom. The lowest BCUT2D eigenvalue weighted by molar-refractivity contribution is -0.115. The summed E-state index contributed by atoms with van der Waals surface area (Å²) in [5, 5.41) is 12.0. The summed E-state index contributed by atoms with van der Waals surface area (Å²) >= 11 is 1.38. The highest BCUT2D eigenvalue weighted by atomic mass is 32.2. The van der Waals surface area contributed by atoms with E-state index in [-0.39, 0.29) is 22.4 Å². The van der Waals surface area contributed by atoms with Gasteiger partial charge in [-0.05, 0) is 56.0 Å². The molecule has 7 heteroatoms. The first-order valence-corrected chi connectivity index (χ1v) is 11.6. The largest absolute Gasteiger partial charge is 0.325 e. The zero-order valence-electron chi connectivity index (χ0n) is 19.5. The van der Waals surface area contributed by atoms with Gasteiger partial charge in [-0.2, -0.15) is 0 Å². The Kier molecular flexibility index (Phi) is 7.19. The van der Waals surface area contributed by atoms with Crippen molar-refractivity contribution in [1.29, 1.82) is 0 Å². The van der Waals surface area contributed by atoms with Crippen molar-refractivity contribution < 1.29 is 9.59 Å². The molecule has 0 radical (unpaired) electrons. The minimum absolute atomic E-state index is 0.00504. The number of hydrogen-bond donors (Lipinski definition) is 1. The molecule has 168 valence electrons. The number of anilines is 1. The smallest absolute Gasteiger partial charge is 0.237 e. The Hall–Kier alpha value is -2.93. The number of carbonyl (C=O) groups is 2. The van der Waals surface area contributed by atoms with Gasteiger partial charge >= 0.3 is 0 Å². The predicted molar refractivity (Wildman–Crippen MR) is 130 cm³/mol. The molecule has 0 fully saturated rings. The second kappa shape index (κ2) is 9.69. The van der Waals surface area contributed by atoms with Crippen LogP contribution in [0.25, 0.3) is 11.4 Å². The summed E-state index contributed by atoms with van der Waals surface area (Å²) in [6.07, 6.45) is 0. The van der Waals surface area contributed by atoms with Crippen molar-refractivity contribution in [2.24, 2.45) is 0 Å². The topological polar surface area (TPSA) is 76.9 Å². The highest BCUT2D eigenvalue weighted by Gasteiger charge is 2.21. The number of aromatic nitrogens is 3. The van der Waals surface area contributed by atoms with E-state index in [1.165, 1.54) is 24.2 Å². The van der Waals surface area contributed by atoms with Crippen LogP contribution in [0.15, 0.2) is 53.7 Å². The predicted octanol–water partition coefficient (Wildman–Crippen LogP) is 5.58. The second-order valence-corrected chi connectivity index (χ2v) is 10.1. The summed E-state index contributed by atoms with van der Waals surface area (Å²) in [7, 11) is 0. The van der Waals surface area contributed by atoms with Crippen LogP contribution in [-0.2, 0) is 16.8 Å². The van der Waals surface area contributed by atoms with E-state index in [9.17, 15) is 9.59 Å². The third kappa shape index (κ3) is 5.46. The molecule has 0 aliphatic heterocycles. The van der Waals surface area contributed by atoms with Crippen LogP contribution in [0.1, 0.15) is 57.5 Å². The molecule has 2 aromatic carbocycles. The summed E-state index contributed by atoms with van der Waals surface area (Å²) < 4.78 is 2.03. The van der Waals surface area contributed by atoms with Crippen LogP contribution in [0.2, 0.25) is 0 Å². The van der Waals surface area contributed by atoms with Gasteiger partial charge in [0.2, 0.25) is 5.91 Å². The normalized spacial score (nSPS) is 12.4. The van der Waals surface area contributed by atoms with Gasteiger partial charge in [0.15, 0.2) is 16.8 Å². The minimum Gasteiger partial charge on any atom is -0.325 e. The third-order valence-electron chi connectivity index (χ3n) is 5.25. The number of ketones is 1. The zero-order chi connectivity index (χ0) is 23.5. The van der Waals surface area contributed by atoms with Gasteiger partial charge in [0, 0.05) is 23.4 Å². The molecular formula is C25H30N4O2S. The van der Waals surface area contributed by atoms with E-state index < -0.39 is 0 Å². The molecule has 1 atom stereocenters. The van der Waals surface area contributed by atoms with Crippen LogP contribution < -0.4 is 5.32 Å². The lowest BCUT2D eigenvalue weighted by Crippen LogP contribution is -2.23. The van der Waals surface area contributed by atoms with Crippen LogP contribution in [0.5, 0.6) is 0 Å². The van der Waals surface area contributed by atoms with Crippen molar-refractivity contribution in [3.05, 3.63) is 59.7 Å². The quantitative estimate of drug-likeness (QED) is 0.375. The number of nitrogens with one attached hydrogen (secondary N) is 1. The van der Waals surface area contributed by atoms with E-state index >= 15 is 0 Å². The van der Waals surface area contributed by atoms with Crippen LogP contribution in [-0.4, -0.2) is 31.7 Å². The Balaban J connectivity index is 1.72. The number of rotatable bonds is 7. The summed E-state index contributed by atoms with van der Waals surface area (Å²) in [4.78, 5) is 24.1.